The van der Waals surface area contributed by atoms with Crippen molar-refractivity contribution in [2.45, 2.75) is 73.5 Å². The van der Waals surface area contributed by atoms with Crippen molar-refractivity contribution in [2.24, 2.45) is 10.8 Å². The van der Waals surface area contributed by atoms with Crippen LogP contribution in [0.15, 0.2) is 182 Å². The maximum atomic E-state index is 2.57. The van der Waals surface area contributed by atoms with Crippen molar-refractivity contribution in [1.82, 2.24) is 0 Å². The van der Waals surface area contributed by atoms with Gasteiger partial charge in [-0.3, -0.25) is 0 Å². The van der Waals surface area contributed by atoms with Crippen LogP contribution in [-0.4, -0.2) is 8.07 Å². The molecule has 318 valence electrons. The van der Waals surface area contributed by atoms with Gasteiger partial charge in [0.2, 0.25) is 0 Å². The van der Waals surface area contributed by atoms with E-state index in [4.69, 9.17) is 0 Å². The number of rotatable bonds is 7. The Bertz CT molecular complexity index is 3220. The largest absolute Gasteiger partial charge is 0.310 e. The first-order valence-electron chi connectivity index (χ1n) is 23.0. The molecule has 0 atom stereocenters. The van der Waals surface area contributed by atoms with Crippen molar-refractivity contribution >= 4 is 79.7 Å². The van der Waals surface area contributed by atoms with E-state index in [1.54, 1.807) is 0 Å². The molecular weight excluding hydrogens is 789 g/mol. The van der Waals surface area contributed by atoms with Crippen molar-refractivity contribution in [1.29, 1.82) is 0 Å². The molecular formula is C61H60N2Si. The molecule has 0 amide bonds. The number of fused-ring (bicyclic) bond motifs is 9. The fourth-order valence-corrected chi connectivity index (χ4v) is 12.8. The summed E-state index contributed by atoms with van der Waals surface area (Å²) in [5.41, 5.74) is 13.2. The Morgan fingerprint density at radius 1 is 0.406 bits per heavy atom. The minimum atomic E-state index is -1.58. The van der Waals surface area contributed by atoms with E-state index in [9.17, 15) is 0 Å². The van der Waals surface area contributed by atoms with Gasteiger partial charge in [0.1, 0.15) is 0 Å². The van der Waals surface area contributed by atoms with Gasteiger partial charge in [-0.15, -0.1) is 0 Å². The molecule has 10 rings (SSSR count). The van der Waals surface area contributed by atoms with Gasteiger partial charge in [-0.2, -0.15) is 0 Å². The molecule has 0 radical (unpaired) electrons. The zero-order valence-electron chi connectivity index (χ0n) is 39.2. The molecule has 0 bridgehead atoms. The van der Waals surface area contributed by atoms with Crippen LogP contribution in [0.25, 0.3) is 43.4 Å². The molecule has 1 aliphatic carbocycles. The lowest BCUT2D eigenvalue weighted by Crippen LogP contribution is -2.50. The van der Waals surface area contributed by atoms with E-state index in [2.05, 4.69) is 260 Å². The molecule has 0 fully saturated rings. The molecule has 0 N–H and O–H groups in total. The molecule has 0 unspecified atom stereocenters. The van der Waals surface area contributed by atoms with E-state index in [1.807, 2.05) is 0 Å². The van der Waals surface area contributed by atoms with E-state index < -0.39 is 8.07 Å². The molecule has 0 aromatic heterocycles. The number of hydrogen-bond acceptors (Lipinski definition) is 2. The number of anilines is 6. The van der Waals surface area contributed by atoms with Crippen molar-refractivity contribution in [3.05, 3.63) is 199 Å². The smallest absolute Gasteiger partial charge is 0.0776 e. The quantitative estimate of drug-likeness (QED) is 0.116. The monoisotopic (exact) mass is 848 g/mol. The molecule has 0 saturated carbocycles. The topological polar surface area (TPSA) is 6.48 Å². The Morgan fingerprint density at radius 2 is 0.938 bits per heavy atom. The van der Waals surface area contributed by atoms with Gasteiger partial charge < -0.3 is 9.80 Å². The summed E-state index contributed by atoms with van der Waals surface area (Å²) in [6, 6.07) is 68.5. The van der Waals surface area contributed by atoms with E-state index in [0.29, 0.717) is 0 Å². The number of aryl methyl sites for hydroxylation is 1. The average Bonchev–Trinajstić information content (AvgIpc) is 3.59. The average molecular weight is 849 g/mol. The summed E-state index contributed by atoms with van der Waals surface area (Å²) in [5.74, 6) is 0. The zero-order chi connectivity index (χ0) is 44.8. The number of para-hydroxylation sites is 2. The lowest BCUT2D eigenvalue weighted by Gasteiger charge is -2.53. The van der Waals surface area contributed by atoms with Crippen LogP contribution in [0.2, 0.25) is 19.6 Å². The first-order valence-corrected chi connectivity index (χ1v) is 26.5. The number of benzene rings is 9. The Morgan fingerprint density at radius 3 is 1.55 bits per heavy atom. The summed E-state index contributed by atoms with van der Waals surface area (Å²) in [6.45, 7) is 24.3. The summed E-state index contributed by atoms with van der Waals surface area (Å²) in [7, 11) is -1.58. The molecule has 9 aromatic rings. The summed E-state index contributed by atoms with van der Waals surface area (Å²) < 4.78 is 0. The number of hydrogen-bond donors (Lipinski definition) is 0. The van der Waals surface area contributed by atoms with Crippen LogP contribution in [0, 0.1) is 17.8 Å². The first-order chi connectivity index (χ1) is 30.6. The van der Waals surface area contributed by atoms with Crippen LogP contribution in [0.5, 0.6) is 0 Å². The van der Waals surface area contributed by atoms with Crippen molar-refractivity contribution in [3.63, 3.8) is 0 Å². The van der Waals surface area contributed by atoms with E-state index >= 15 is 0 Å². The maximum Gasteiger partial charge on any atom is 0.0776 e. The fourth-order valence-electron chi connectivity index (χ4n) is 11.7. The first kappa shape index (κ1) is 41.6. The molecule has 0 spiro atoms. The van der Waals surface area contributed by atoms with Gasteiger partial charge in [-0.05, 0) is 163 Å². The zero-order valence-corrected chi connectivity index (χ0v) is 40.2. The molecule has 1 aliphatic rings. The highest BCUT2D eigenvalue weighted by molar-refractivity contribution is 6.88. The minimum absolute atomic E-state index is 0.157. The van der Waals surface area contributed by atoms with E-state index in [1.165, 1.54) is 76.7 Å². The third-order valence-corrected chi connectivity index (χ3v) is 16.1. The Kier molecular flexibility index (Phi) is 9.81. The molecule has 2 nitrogen and oxygen atoms in total. The van der Waals surface area contributed by atoms with Crippen molar-refractivity contribution < 1.29 is 0 Å². The lowest BCUT2D eigenvalue weighted by atomic mass is 9.49. The highest BCUT2D eigenvalue weighted by Crippen LogP contribution is 2.68. The summed E-state index contributed by atoms with van der Waals surface area (Å²) in [6.07, 6.45) is 0. The van der Waals surface area contributed by atoms with Gasteiger partial charge in [-0.25, -0.2) is 0 Å². The van der Waals surface area contributed by atoms with Gasteiger partial charge in [0.25, 0.3) is 0 Å². The molecule has 0 heterocycles. The molecule has 64 heavy (non-hydrogen) atoms. The second-order valence-electron chi connectivity index (χ2n) is 21.2. The molecule has 3 heteroatoms. The second kappa shape index (κ2) is 15.1. The van der Waals surface area contributed by atoms with Gasteiger partial charge in [0.05, 0.1) is 8.07 Å². The standard InChI is InChI=1S/C61H60N2Si/c1-41-21-19-26-46(35-41)62(44-22-13-11-14-23-44)48-32-31-42-37-55-56(38-43(42)36-48)61(59(2,3)4,60(5,6)7)58-53-34-33-49(40-54(53)51-29-17-18-30-52(51)57(55)58)63(45-24-15-12-16-25-45)47-27-20-28-50(39-47)64(8,9)10/h11-40H,1-10H3. The van der Waals surface area contributed by atoms with Gasteiger partial charge in [0.15, 0.2) is 0 Å². The van der Waals surface area contributed by atoms with E-state index in [0.717, 1.165) is 22.7 Å². The maximum absolute atomic E-state index is 2.57. The van der Waals surface area contributed by atoms with Crippen LogP contribution in [-0.2, 0) is 5.41 Å². The fraction of sp³-hybridized carbons (Fsp3) is 0.213. The molecule has 0 saturated heterocycles. The van der Waals surface area contributed by atoms with Gasteiger partial charge in [-0.1, -0.05) is 163 Å². The highest BCUT2D eigenvalue weighted by atomic mass is 28.3. The van der Waals surface area contributed by atoms with Crippen LogP contribution < -0.4 is 15.0 Å². The van der Waals surface area contributed by atoms with Crippen LogP contribution >= 0.6 is 0 Å². The van der Waals surface area contributed by atoms with Crippen LogP contribution in [0.3, 0.4) is 0 Å². The third-order valence-electron chi connectivity index (χ3n) is 14.0. The normalized spacial score (nSPS) is 13.6. The summed E-state index contributed by atoms with van der Waals surface area (Å²) in [4.78, 5) is 4.86. The third kappa shape index (κ3) is 6.58. The Labute approximate surface area is 381 Å². The predicted molar refractivity (Wildman–Crippen MR) is 281 cm³/mol. The molecule has 9 aromatic carbocycles. The SMILES string of the molecule is Cc1cccc(N(c2ccccc2)c2ccc3cc4c(cc3c2)C(C(C)(C)C)(C(C)(C)C)c2c-4c3ccccc3c3cc(N(c4ccccc4)c4cccc([Si](C)(C)C)c4)ccc23)c1. The van der Waals surface area contributed by atoms with Gasteiger partial charge in [0, 0.05) is 39.5 Å². The lowest BCUT2D eigenvalue weighted by molar-refractivity contribution is 0.0965. The van der Waals surface area contributed by atoms with Gasteiger partial charge >= 0.3 is 0 Å². The van der Waals surface area contributed by atoms with Crippen LogP contribution in [0.4, 0.5) is 34.1 Å². The summed E-state index contributed by atoms with van der Waals surface area (Å²) in [5, 5.41) is 9.20. The van der Waals surface area contributed by atoms with Crippen LogP contribution in [0.1, 0.15) is 58.2 Å². The van der Waals surface area contributed by atoms with E-state index in [-0.39, 0.29) is 16.2 Å². The second-order valence-corrected chi connectivity index (χ2v) is 26.3. The highest BCUT2D eigenvalue weighted by Gasteiger charge is 2.58. The molecule has 0 aliphatic heterocycles. The minimum Gasteiger partial charge on any atom is -0.310 e. The number of nitrogens with zero attached hydrogens (tertiary/aromatic N) is 2. The summed E-state index contributed by atoms with van der Waals surface area (Å²) >= 11 is 0. The van der Waals surface area contributed by atoms with Crippen molar-refractivity contribution in [2.75, 3.05) is 9.80 Å². The van der Waals surface area contributed by atoms with Crippen molar-refractivity contribution in [3.8, 4) is 11.1 Å². The predicted octanol–water partition coefficient (Wildman–Crippen LogP) is 17.3. The Balaban J connectivity index is 1.25. The Hall–Kier alpha value is -6.42.